The smallest absolute Gasteiger partial charge is 0.341 e. The zero-order valence-electron chi connectivity index (χ0n) is 14.8. The number of esters is 1. The maximum atomic E-state index is 12.3. The number of hydrogen-bond acceptors (Lipinski definition) is 5. The van der Waals surface area contributed by atoms with Crippen LogP contribution in [0.3, 0.4) is 0 Å². The molecule has 1 aromatic heterocycles. The van der Waals surface area contributed by atoms with Crippen molar-refractivity contribution in [3.05, 3.63) is 58.5 Å². The van der Waals surface area contributed by atoms with Crippen LogP contribution in [-0.4, -0.2) is 25.6 Å². The highest BCUT2D eigenvalue weighted by Gasteiger charge is 2.21. The van der Waals surface area contributed by atoms with Crippen LogP contribution >= 0.6 is 11.3 Å². The van der Waals surface area contributed by atoms with E-state index in [0.29, 0.717) is 16.3 Å². The summed E-state index contributed by atoms with van der Waals surface area (Å²) in [6.45, 7) is 3.59. The third-order valence-electron chi connectivity index (χ3n) is 4.12. The Hall–Kier alpha value is -2.86. The average Bonchev–Trinajstić information content (AvgIpc) is 2.92. The van der Waals surface area contributed by atoms with E-state index in [0.717, 1.165) is 21.2 Å². The molecule has 3 rings (SSSR count). The lowest BCUT2D eigenvalue weighted by Gasteiger charge is -2.09. The number of methoxy groups -OCH3 is 1. The number of anilines is 1. The predicted octanol–water partition coefficient (Wildman–Crippen LogP) is 4.32. The maximum Gasteiger partial charge on any atom is 0.341 e. The third-order valence-corrected chi connectivity index (χ3v) is 5.24. The van der Waals surface area contributed by atoms with Crippen molar-refractivity contribution in [2.45, 2.75) is 13.8 Å². The van der Waals surface area contributed by atoms with E-state index in [1.165, 1.54) is 18.4 Å². The van der Waals surface area contributed by atoms with Crippen LogP contribution in [0.15, 0.2) is 42.5 Å². The number of ether oxygens (including phenoxy) is 2. The van der Waals surface area contributed by atoms with Crippen LogP contribution in [0.2, 0.25) is 0 Å². The number of benzene rings is 2. The molecule has 0 fully saturated rings. The van der Waals surface area contributed by atoms with Crippen molar-refractivity contribution in [1.82, 2.24) is 0 Å². The van der Waals surface area contributed by atoms with Crippen LogP contribution in [0.4, 0.5) is 5.00 Å². The first-order chi connectivity index (χ1) is 12.5. The number of thiophene rings is 1. The zero-order chi connectivity index (χ0) is 18.7. The molecular weight excluding hydrogens is 350 g/mol. The molecule has 0 radical (unpaired) electrons. The van der Waals surface area contributed by atoms with Crippen LogP contribution in [-0.2, 0) is 9.53 Å². The Morgan fingerprint density at radius 3 is 2.54 bits per heavy atom. The van der Waals surface area contributed by atoms with E-state index >= 15 is 0 Å². The van der Waals surface area contributed by atoms with Crippen molar-refractivity contribution in [2.24, 2.45) is 0 Å². The van der Waals surface area contributed by atoms with Crippen LogP contribution in [0.1, 0.15) is 20.8 Å². The number of fused-ring (bicyclic) bond motifs is 1. The van der Waals surface area contributed by atoms with Gasteiger partial charge >= 0.3 is 5.97 Å². The van der Waals surface area contributed by atoms with E-state index in [9.17, 15) is 9.59 Å². The van der Waals surface area contributed by atoms with E-state index in [4.69, 9.17) is 9.47 Å². The summed E-state index contributed by atoms with van der Waals surface area (Å²) in [5.41, 5.74) is 1.21. The molecule has 0 aliphatic heterocycles. The quantitative estimate of drug-likeness (QED) is 0.680. The van der Waals surface area contributed by atoms with E-state index in [1.807, 2.05) is 56.3 Å². The van der Waals surface area contributed by atoms with Gasteiger partial charge in [-0.2, -0.15) is 0 Å². The number of hydrogen-bond donors (Lipinski definition) is 1. The summed E-state index contributed by atoms with van der Waals surface area (Å²) in [5, 5.41) is 5.39. The minimum atomic E-state index is -0.461. The standard InChI is InChI=1S/C20H19NO4S/c1-12-13(2)26-19(18(12)20(23)24-3)21-17(22)11-25-16-9-8-14-6-4-5-7-15(14)10-16/h4-10H,11H2,1-3H3,(H,21,22). The fraction of sp³-hybridized carbons (Fsp3) is 0.200. The summed E-state index contributed by atoms with van der Waals surface area (Å²) in [6, 6.07) is 13.6. The Kier molecular flexibility index (Phi) is 5.23. The van der Waals surface area contributed by atoms with Gasteiger partial charge in [-0.25, -0.2) is 4.79 Å². The summed E-state index contributed by atoms with van der Waals surface area (Å²) in [7, 11) is 1.32. The molecule has 5 nitrogen and oxygen atoms in total. The maximum absolute atomic E-state index is 12.3. The van der Waals surface area contributed by atoms with Gasteiger partial charge in [0.05, 0.1) is 12.7 Å². The van der Waals surface area contributed by atoms with Crippen LogP contribution in [0, 0.1) is 13.8 Å². The van der Waals surface area contributed by atoms with E-state index in [1.54, 1.807) is 0 Å². The monoisotopic (exact) mass is 369 g/mol. The number of carbonyl (C=O) groups is 2. The second kappa shape index (κ2) is 7.58. The molecule has 134 valence electrons. The first-order valence-corrected chi connectivity index (χ1v) is 8.91. The first-order valence-electron chi connectivity index (χ1n) is 8.09. The fourth-order valence-electron chi connectivity index (χ4n) is 2.63. The molecule has 0 saturated heterocycles. The van der Waals surface area contributed by atoms with Crippen molar-refractivity contribution >= 4 is 39.0 Å². The van der Waals surface area contributed by atoms with Gasteiger partial charge in [-0.3, -0.25) is 4.79 Å². The average molecular weight is 369 g/mol. The van der Waals surface area contributed by atoms with E-state index in [2.05, 4.69) is 5.32 Å². The van der Waals surface area contributed by atoms with Crippen molar-refractivity contribution in [3.63, 3.8) is 0 Å². The highest BCUT2D eigenvalue weighted by Crippen LogP contribution is 2.33. The molecule has 1 N–H and O–H groups in total. The number of aryl methyl sites for hydroxylation is 1. The molecule has 1 heterocycles. The molecule has 0 aliphatic carbocycles. The molecule has 6 heteroatoms. The number of rotatable bonds is 5. The lowest BCUT2D eigenvalue weighted by atomic mass is 10.1. The second-order valence-corrected chi connectivity index (χ2v) is 7.05. The van der Waals surface area contributed by atoms with Gasteiger partial charge < -0.3 is 14.8 Å². The van der Waals surface area contributed by atoms with Crippen LogP contribution in [0.25, 0.3) is 10.8 Å². The lowest BCUT2D eigenvalue weighted by Crippen LogP contribution is -2.21. The molecule has 0 atom stereocenters. The molecule has 0 unspecified atom stereocenters. The molecule has 1 amide bonds. The van der Waals surface area contributed by atoms with E-state index < -0.39 is 5.97 Å². The third kappa shape index (κ3) is 3.70. The van der Waals surface area contributed by atoms with Gasteiger partial charge in [0.1, 0.15) is 10.8 Å². The number of carbonyl (C=O) groups excluding carboxylic acids is 2. The molecule has 2 aromatic carbocycles. The zero-order valence-corrected chi connectivity index (χ0v) is 15.6. The summed E-state index contributed by atoms with van der Waals surface area (Å²) in [6.07, 6.45) is 0. The molecule has 0 aliphatic rings. The Labute approximate surface area is 155 Å². The van der Waals surface area contributed by atoms with Gasteiger partial charge in [0.15, 0.2) is 6.61 Å². The Balaban J connectivity index is 1.69. The van der Waals surface area contributed by atoms with Crippen molar-refractivity contribution < 1.29 is 19.1 Å². The molecule has 0 saturated carbocycles. The second-order valence-electron chi connectivity index (χ2n) is 5.82. The SMILES string of the molecule is COC(=O)c1c(NC(=O)COc2ccc3ccccc3c2)sc(C)c1C. The first kappa shape index (κ1) is 17.9. The Bertz CT molecular complexity index is 977. The summed E-state index contributed by atoms with van der Waals surface area (Å²) < 4.78 is 10.4. The Morgan fingerprint density at radius 1 is 1.08 bits per heavy atom. The normalized spacial score (nSPS) is 10.6. The molecule has 0 spiro atoms. The Morgan fingerprint density at radius 2 is 1.81 bits per heavy atom. The van der Waals surface area contributed by atoms with Gasteiger partial charge in [0.25, 0.3) is 5.91 Å². The molecule has 0 bridgehead atoms. The van der Waals surface area contributed by atoms with Crippen molar-refractivity contribution in [2.75, 3.05) is 19.0 Å². The molecular formula is C20H19NO4S. The fourth-order valence-corrected chi connectivity index (χ4v) is 3.70. The van der Waals surface area contributed by atoms with Gasteiger partial charge in [-0.1, -0.05) is 30.3 Å². The summed E-state index contributed by atoms with van der Waals surface area (Å²) in [4.78, 5) is 25.2. The topological polar surface area (TPSA) is 64.6 Å². The van der Waals surface area contributed by atoms with Gasteiger partial charge in [0.2, 0.25) is 0 Å². The highest BCUT2D eigenvalue weighted by atomic mass is 32.1. The summed E-state index contributed by atoms with van der Waals surface area (Å²) in [5.74, 6) is -0.173. The summed E-state index contributed by atoms with van der Waals surface area (Å²) >= 11 is 1.35. The van der Waals surface area contributed by atoms with Gasteiger partial charge in [-0.05, 0) is 42.3 Å². The molecule has 26 heavy (non-hydrogen) atoms. The van der Waals surface area contributed by atoms with Crippen molar-refractivity contribution in [3.8, 4) is 5.75 Å². The predicted molar refractivity (Wildman–Crippen MR) is 103 cm³/mol. The van der Waals surface area contributed by atoms with Crippen LogP contribution in [0.5, 0.6) is 5.75 Å². The number of nitrogens with one attached hydrogen (secondary N) is 1. The lowest BCUT2D eigenvalue weighted by molar-refractivity contribution is -0.118. The minimum Gasteiger partial charge on any atom is -0.484 e. The largest absolute Gasteiger partial charge is 0.484 e. The van der Waals surface area contributed by atoms with Crippen LogP contribution < -0.4 is 10.1 Å². The van der Waals surface area contributed by atoms with E-state index in [-0.39, 0.29) is 12.5 Å². The number of amides is 1. The highest BCUT2D eigenvalue weighted by molar-refractivity contribution is 7.16. The van der Waals surface area contributed by atoms with Gasteiger partial charge in [-0.15, -0.1) is 11.3 Å². The molecule has 3 aromatic rings. The van der Waals surface area contributed by atoms with Gasteiger partial charge in [0, 0.05) is 4.88 Å². The van der Waals surface area contributed by atoms with Crippen molar-refractivity contribution in [1.29, 1.82) is 0 Å². The minimum absolute atomic E-state index is 0.144.